The summed E-state index contributed by atoms with van der Waals surface area (Å²) in [5.41, 5.74) is 1.95. The Hall–Kier alpha value is -0.910. The van der Waals surface area contributed by atoms with Gasteiger partial charge in [-0.25, -0.2) is 0 Å². The molecular weight excluding hydrogens is 296 g/mol. The van der Waals surface area contributed by atoms with Gasteiger partial charge in [-0.05, 0) is 24.6 Å². The number of carbonyl (C=O) groups excluding carboxylic acids is 1. The highest BCUT2D eigenvalue weighted by Crippen LogP contribution is 2.20. The average Bonchev–Trinajstić information content (AvgIpc) is 2.35. The molecule has 1 aliphatic heterocycles. The van der Waals surface area contributed by atoms with Gasteiger partial charge in [-0.1, -0.05) is 22.0 Å². The molecule has 1 atom stereocenters. The van der Waals surface area contributed by atoms with Gasteiger partial charge in [0.2, 0.25) is 5.91 Å². The summed E-state index contributed by atoms with van der Waals surface area (Å²) in [7, 11) is 0. The van der Waals surface area contributed by atoms with Crippen LogP contribution in [-0.4, -0.2) is 31.7 Å². The van der Waals surface area contributed by atoms with Crippen LogP contribution in [0.1, 0.15) is 12.0 Å². The number of rotatable bonds is 3. The molecule has 4 nitrogen and oxygen atoms in total. The Balaban J connectivity index is 1.88. The fraction of sp³-hybridized carbons (Fsp3) is 0.462. The Labute approximate surface area is 115 Å². The normalized spacial score (nSPS) is 19.6. The molecule has 0 saturated carbocycles. The summed E-state index contributed by atoms with van der Waals surface area (Å²) in [6.45, 7) is 4.29. The molecule has 2 N–H and O–H groups in total. The standard InChI is InChI=1S/C13H17BrN2O2/c1-9-2-3-10(6-12(9)14)16-13(17)7-11-8-15-4-5-18-11/h2-3,6,11,15H,4-5,7-8H2,1H3,(H,16,17). The Kier molecular flexibility index (Phi) is 4.74. The van der Waals surface area contributed by atoms with Crippen molar-refractivity contribution in [3.05, 3.63) is 28.2 Å². The summed E-state index contributed by atoms with van der Waals surface area (Å²) in [5, 5.41) is 6.09. The lowest BCUT2D eigenvalue weighted by atomic mass is 10.2. The first-order valence-electron chi connectivity index (χ1n) is 6.03. The highest BCUT2D eigenvalue weighted by molar-refractivity contribution is 9.10. The van der Waals surface area contributed by atoms with Gasteiger partial charge >= 0.3 is 0 Å². The number of hydrogen-bond acceptors (Lipinski definition) is 3. The molecule has 1 aliphatic rings. The third kappa shape index (κ3) is 3.80. The third-order valence-electron chi connectivity index (χ3n) is 2.87. The summed E-state index contributed by atoms with van der Waals surface area (Å²) >= 11 is 3.45. The van der Waals surface area contributed by atoms with E-state index in [0.29, 0.717) is 13.0 Å². The Bertz CT molecular complexity index is 431. The van der Waals surface area contributed by atoms with Gasteiger partial charge in [0.05, 0.1) is 19.1 Å². The number of ether oxygens (including phenoxy) is 1. The van der Waals surface area contributed by atoms with Gasteiger partial charge in [0.15, 0.2) is 0 Å². The van der Waals surface area contributed by atoms with Gasteiger partial charge in [0.25, 0.3) is 0 Å². The fourth-order valence-electron chi connectivity index (χ4n) is 1.84. The van der Waals surface area contributed by atoms with E-state index in [1.54, 1.807) is 0 Å². The van der Waals surface area contributed by atoms with Gasteiger partial charge in [0, 0.05) is 23.2 Å². The van der Waals surface area contributed by atoms with Crippen LogP contribution in [0.25, 0.3) is 0 Å². The topological polar surface area (TPSA) is 50.4 Å². The van der Waals surface area contributed by atoms with Gasteiger partial charge in [-0.3, -0.25) is 4.79 Å². The summed E-state index contributed by atoms with van der Waals surface area (Å²) in [5.74, 6) is -0.0144. The number of nitrogens with one attached hydrogen (secondary N) is 2. The second kappa shape index (κ2) is 6.31. The number of benzene rings is 1. The molecule has 0 aromatic heterocycles. The number of morpholine rings is 1. The zero-order valence-corrected chi connectivity index (χ0v) is 11.9. The lowest BCUT2D eigenvalue weighted by Gasteiger charge is -2.23. The van der Waals surface area contributed by atoms with Crippen molar-refractivity contribution in [3.63, 3.8) is 0 Å². The van der Waals surface area contributed by atoms with Crippen LogP contribution in [0.3, 0.4) is 0 Å². The molecule has 1 aromatic carbocycles. The van der Waals surface area contributed by atoms with Gasteiger partial charge in [0.1, 0.15) is 0 Å². The number of carbonyl (C=O) groups is 1. The van der Waals surface area contributed by atoms with E-state index < -0.39 is 0 Å². The SMILES string of the molecule is Cc1ccc(NC(=O)CC2CNCCO2)cc1Br. The maximum absolute atomic E-state index is 11.8. The third-order valence-corrected chi connectivity index (χ3v) is 3.73. The number of halogens is 1. The van der Waals surface area contributed by atoms with Crippen LogP contribution in [0.4, 0.5) is 5.69 Å². The molecular formula is C13H17BrN2O2. The summed E-state index contributed by atoms with van der Waals surface area (Å²) in [4.78, 5) is 11.8. The van der Waals surface area contributed by atoms with Crippen LogP contribution in [0.15, 0.2) is 22.7 Å². The summed E-state index contributed by atoms with van der Waals surface area (Å²) < 4.78 is 6.49. The van der Waals surface area contributed by atoms with E-state index in [0.717, 1.165) is 28.8 Å². The molecule has 0 bridgehead atoms. The van der Waals surface area contributed by atoms with Crippen molar-refractivity contribution in [1.29, 1.82) is 0 Å². The van der Waals surface area contributed by atoms with Crippen molar-refractivity contribution in [2.45, 2.75) is 19.4 Å². The summed E-state index contributed by atoms with van der Waals surface area (Å²) in [6.07, 6.45) is 0.367. The van der Waals surface area contributed by atoms with Crippen LogP contribution >= 0.6 is 15.9 Å². The van der Waals surface area contributed by atoms with Gasteiger partial charge < -0.3 is 15.4 Å². The van der Waals surface area contributed by atoms with E-state index in [-0.39, 0.29) is 12.0 Å². The van der Waals surface area contributed by atoms with Crippen molar-refractivity contribution in [2.75, 3.05) is 25.0 Å². The Morgan fingerprint density at radius 2 is 2.44 bits per heavy atom. The second-order valence-corrected chi connectivity index (χ2v) is 5.27. The van der Waals surface area contributed by atoms with Crippen LogP contribution in [0, 0.1) is 6.92 Å². The molecule has 0 radical (unpaired) electrons. The minimum atomic E-state index is -0.0207. The van der Waals surface area contributed by atoms with Crippen molar-refractivity contribution in [2.24, 2.45) is 0 Å². The van der Waals surface area contributed by atoms with Gasteiger partial charge in [-0.2, -0.15) is 0 Å². The second-order valence-electron chi connectivity index (χ2n) is 4.41. The van der Waals surface area contributed by atoms with Crippen molar-refractivity contribution < 1.29 is 9.53 Å². The van der Waals surface area contributed by atoms with Crippen molar-refractivity contribution >= 4 is 27.5 Å². The molecule has 18 heavy (non-hydrogen) atoms. The Morgan fingerprint density at radius 1 is 1.61 bits per heavy atom. The lowest BCUT2D eigenvalue weighted by molar-refractivity contribution is -0.119. The van der Waals surface area contributed by atoms with E-state index in [2.05, 4.69) is 26.6 Å². The van der Waals surface area contributed by atoms with Crippen LogP contribution in [0.2, 0.25) is 0 Å². The molecule has 5 heteroatoms. The minimum Gasteiger partial charge on any atom is -0.375 e. The summed E-state index contributed by atoms with van der Waals surface area (Å²) in [6, 6.07) is 5.78. The van der Waals surface area contributed by atoms with Crippen LogP contribution in [0.5, 0.6) is 0 Å². The molecule has 98 valence electrons. The van der Waals surface area contributed by atoms with E-state index in [1.165, 1.54) is 0 Å². The predicted octanol–water partition coefficient (Wildman–Crippen LogP) is 2.07. The largest absolute Gasteiger partial charge is 0.375 e. The van der Waals surface area contributed by atoms with E-state index in [9.17, 15) is 4.79 Å². The highest BCUT2D eigenvalue weighted by atomic mass is 79.9. The average molecular weight is 313 g/mol. The quantitative estimate of drug-likeness (QED) is 0.898. The molecule has 1 amide bonds. The maximum atomic E-state index is 11.8. The first kappa shape index (κ1) is 13.5. The monoisotopic (exact) mass is 312 g/mol. The molecule has 1 heterocycles. The number of amides is 1. The van der Waals surface area contributed by atoms with Gasteiger partial charge in [-0.15, -0.1) is 0 Å². The zero-order valence-electron chi connectivity index (χ0n) is 10.3. The number of anilines is 1. The number of hydrogen-bond donors (Lipinski definition) is 2. The molecule has 0 spiro atoms. The van der Waals surface area contributed by atoms with E-state index >= 15 is 0 Å². The predicted molar refractivity (Wildman–Crippen MR) is 74.7 cm³/mol. The smallest absolute Gasteiger partial charge is 0.227 e. The highest BCUT2D eigenvalue weighted by Gasteiger charge is 2.17. The van der Waals surface area contributed by atoms with Crippen LogP contribution < -0.4 is 10.6 Å². The maximum Gasteiger partial charge on any atom is 0.227 e. The molecule has 0 aliphatic carbocycles. The first-order valence-corrected chi connectivity index (χ1v) is 6.83. The molecule has 1 fully saturated rings. The molecule has 1 aromatic rings. The fourth-order valence-corrected chi connectivity index (χ4v) is 2.22. The molecule has 2 rings (SSSR count). The van der Waals surface area contributed by atoms with Crippen molar-refractivity contribution in [3.8, 4) is 0 Å². The van der Waals surface area contributed by atoms with Crippen molar-refractivity contribution in [1.82, 2.24) is 5.32 Å². The zero-order chi connectivity index (χ0) is 13.0. The van der Waals surface area contributed by atoms with Crippen LogP contribution in [-0.2, 0) is 9.53 Å². The van der Waals surface area contributed by atoms with E-state index in [1.807, 2.05) is 25.1 Å². The Morgan fingerprint density at radius 3 is 3.11 bits per heavy atom. The number of aryl methyl sites for hydroxylation is 1. The molecule has 1 saturated heterocycles. The minimum absolute atomic E-state index is 0.0144. The molecule has 1 unspecified atom stereocenters. The van der Waals surface area contributed by atoms with E-state index in [4.69, 9.17) is 4.74 Å². The lowest BCUT2D eigenvalue weighted by Crippen LogP contribution is -2.40. The first-order chi connectivity index (χ1) is 8.65.